The minimum Gasteiger partial charge on any atom is -0.465 e. The van der Waals surface area contributed by atoms with Gasteiger partial charge in [-0.3, -0.25) is 9.48 Å². The van der Waals surface area contributed by atoms with E-state index in [0.717, 1.165) is 5.56 Å². The van der Waals surface area contributed by atoms with Crippen LogP contribution in [0.25, 0.3) is 0 Å². The van der Waals surface area contributed by atoms with E-state index in [1.54, 1.807) is 7.05 Å². The van der Waals surface area contributed by atoms with Crippen molar-refractivity contribution in [3.8, 4) is 0 Å². The van der Waals surface area contributed by atoms with E-state index in [0.29, 0.717) is 13.0 Å². The highest BCUT2D eigenvalue weighted by Crippen LogP contribution is 2.21. The van der Waals surface area contributed by atoms with E-state index in [1.807, 2.05) is 44.8 Å². The van der Waals surface area contributed by atoms with Crippen molar-refractivity contribution in [3.63, 3.8) is 0 Å². The first-order valence-electron chi connectivity index (χ1n) is 6.30. The molecule has 2 unspecified atom stereocenters. The Morgan fingerprint density at radius 1 is 1.67 bits per heavy atom. The fourth-order valence-electron chi connectivity index (χ4n) is 1.94. The quantitative estimate of drug-likeness (QED) is 0.784. The van der Waals surface area contributed by atoms with Crippen molar-refractivity contribution in [2.24, 2.45) is 0 Å². The standard InChI is InChI=1S/C13H23N3O2/c1-6-18-12(17)13(4,14-5)7-11(3)16-9-10(2)8-15-16/h8-9,11,14H,6-7H2,1-5H3. The smallest absolute Gasteiger partial charge is 0.326 e. The maximum Gasteiger partial charge on any atom is 0.326 e. The average Bonchev–Trinajstić information content (AvgIpc) is 2.76. The summed E-state index contributed by atoms with van der Waals surface area (Å²) in [5.74, 6) is -0.219. The number of likely N-dealkylation sites (N-methyl/N-ethyl adjacent to an activating group) is 1. The van der Waals surface area contributed by atoms with Crippen LogP contribution in [0.4, 0.5) is 0 Å². The molecule has 2 atom stereocenters. The summed E-state index contributed by atoms with van der Waals surface area (Å²) in [6.07, 6.45) is 4.42. The highest BCUT2D eigenvalue weighted by molar-refractivity contribution is 5.80. The van der Waals surface area contributed by atoms with Crippen LogP contribution < -0.4 is 5.32 Å². The Balaban J connectivity index is 2.76. The first-order chi connectivity index (χ1) is 8.42. The van der Waals surface area contributed by atoms with Gasteiger partial charge in [-0.25, -0.2) is 0 Å². The number of carbonyl (C=O) groups is 1. The zero-order valence-corrected chi connectivity index (χ0v) is 11.9. The molecule has 1 aromatic heterocycles. The van der Waals surface area contributed by atoms with Crippen molar-refractivity contribution in [1.82, 2.24) is 15.1 Å². The van der Waals surface area contributed by atoms with Crippen LogP contribution >= 0.6 is 0 Å². The fourth-order valence-corrected chi connectivity index (χ4v) is 1.94. The molecule has 0 aliphatic heterocycles. The second-order valence-corrected chi connectivity index (χ2v) is 4.85. The molecule has 1 aromatic rings. The minimum absolute atomic E-state index is 0.126. The molecule has 0 saturated heterocycles. The molecular formula is C13H23N3O2. The van der Waals surface area contributed by atoms with Crippen LogP contribution in [-0.4, -0.2) is 34.9 Å². The third kappa shape index (κ3) is 3.32. The van der Waals surface area contributed by atoms with E-state index < -0.39 is 5.54 Å². The molecule has 102 valence electrons. The number of aromatic nitrogens is 2. The Labute approximate surface area is 109 Å². The maximum absolute atomic E-state index is 12.0. The third-order valence-corrected chi connectivity index (χ3v) is 3.16. The molecule has 0 aliphatic carbocycles. The summed E-state index contributed by atoms with van der Waals surface area (Å²) >= 11 is 0. The molecule has 5 nitrogen and oxygen atoms in total. The molecule has 1 heterocycles. The SMILES string of the molecule is CCOC(=O)C(C)(CC(C)n1cc(C)cn1)NC. The van der Waals surface area contributed by atoms with Crippen LogP contribution in [0.1, 0.15) is 38.8 Å². The van der Waals surface area contributed by atoms with Gasteiger partial charge in [0.1, 0.15) is 5.54 Å². The second kappa shape index (κ2) is 6.00. The molecular weight excluding hydrogens is 230 g/mol. The largest absolute Gasteiger partial charge is 0.465 e. The van der Waals surface area contributed by atoms with Gasteiger partial charge in [0.15, 0.2) is 0 Å². The van der Waals surface area contributed by atoms with Crippen molar-refractivity contribution in [2.45, 2.75) is 45.7 Å². The molecule has 0 bridgehead atoms. The highest BCUT2D eigenvalue weighted by atomic mass is 16.5. The lowest BCUT2D eigenvalue weighted by Gasteiger charge is -2.29. The van der Waals surface area contributed by atoms with Crippen molar-refractivity contribution < 1.29 is 9.53 Å². The maximum atomic E-state index is 12.0. The van der Waals surface area contributed by atoms with Gasteiger partial charge in [0.25, 0.3) is 0 Å². The van der Waals surface area contributed by atoms with Crippen molar-refractivity contribution >= 4 is 5.97 Å². The number of aryl methyl sites for hydroxylation is 1. The molecule has 1 rings (SSSR count). The number of hydrogen-bond acceptors (Lipinski definition) is 4. The molecule has 0 radical (unpaired) electrons. The number of esters is 1. The normalized spacial score (nSPS) is 16.1. The molecule has 5 heteroatoms. The summed E-state index contributed by atoms with van der Waals surface area (Å²) in [7, 11) is 1.78. The molecule has 0 aromatic carbocycles. The first-order valence-corrected chi connectivity index (χ1v) is 6.30. The molecule has 0 spiro atoms. The van der Waals surface area contributed by atoms with E-state index in [1.165, 1.54) is 0 Å². The molecule has 0 fully saturated rings. The number of nitrogens with one attached hydrogen (secondary N) is 1. The van der Waals surface area contributed by atoms with Crippen LogP contribution in [-0.2, 0) is 9.53 Å². The Morgan fingerprint density at radius 2 is 2.33 bits per heavy atom. The van der Waals surface area contributed by atoms with Gasteiger partial charge in [-0.2, -0.15) is 5.10 Å². The average molecular weight is 253 g/mol. The Bertz CT molecular complexity index is 403. The predicted octanol–water partition coefficient (Wildman–Crippen LogP) is 1.68. The monoisotopic (exact) mass is 253 g/mol. The van der Waals surface area contributed by atoms with Crippen LogP contribution in [0.5, 0.6) is 0 Å². The van der Waals surface area contributed by atoms with E-state index in [-0.39, 0.29) is 12.0 Å². The predicted molar refractivity (Wildman–Crippen MR) is 70.4 cm³/mol. The number of nitrogens with zero attached hydrogens (tertiary/aromatic N) is 2. The summed E-state index contributed by atoms with van der Waals surface area (Å²) in [4.78, 5) is 12.0. The van der Waals surface area contributed by atoms with Crippen LogP contribution in [0.3, 0.4) is 0 Å². The van der Waals surface area contributed by atoms with Gasteiger partial charge < -0.3 is 10.1 Å². The van der Waals surface area contributed by atoms with Crippen LogP contribution in [0.15, 0.2) is 12.4 Å². The molecule has 0 amide bonds. The Morgan fingerprint density at radius 3 is 2.78 bits per heavy atom. The van der Waals surface area contributed by atoms with Gasteiger partial charge in [-0.15, -0.1) is 0 Å². The molecule has 18 heavy (non-hydrogen) atoms. The van der Waals surface area contributed by atoms with Crippen molar-refractivity contribution in [2.75, 3.05) is 13.7 Å². The summed E-state index contributed by atoms with van der Waals surface area (Å²) in [5.41, 5.74) is 0.430. The highest BCUT2D eigenvalue weighted by Gasteiger charge is 2.35. The number of carbonyl (C=O) groups excluding carboxylic acids is 1. The topological polar surface area (TPSA) is 56.2 Å². The lowest BCUT2D eigenvalue weighted by atomic mass is 9.94. The van der Waals surface area contributed by atoms with Gasteiger partial charge in [0.2, 0.25) is 0 Å². The van der Waals surface area contributed by atoms with Crippen molar-refractivity contribution in [1.29, 1.82) is 0 Å². The van der Waals surface area contributed by atoms with E-state index in [2.05, 4.69) is 10.4 Å². The summed E-state index contributed by atoms with van der Waals surface area (Å²) in [6, 6.07) is 0.126. The third-order valence-electron chi connectivity index (χ3n) is 3.16. The van der Waals surface area contributed by atoms with Crippen LogP contribution in [0.2, 0.25) is 0 Å². The second-order valence-electron chi connectivity index (χ2n) is 4.85. The zero-order chi connectivity index (χ0) is 13.8. The Hall–Kier alpha value is -1.36. The van der Waals surface area contributed by atoms with Crippen molar-refractivity contribution in [3.05, 3.63) is 18.0 Å². The minimum atomic E-state index is -0.685. The molecule has 0 aliphatic rings. The molecule has 0 saturated carbocycles. The van der Waals surface area contributed by atoms with E-state index in [4.69, 9.17) is 4.74 Å². The zero-order valence-electron chi connectivity index (χ0n) is 11.9. The lowest BCUT2D eigenvalue weighted by Crippen LogP contribution is -2.50. The van der Waals surface area contributed by atoms with Gasteiger partial charge in [0.05, 0.1) is 18.8 Å². The van der Waals surface area contributed by atoms with Gasteiger partial charge >= 0.3 is 5.97 Å². The summed E-state index contributed by atoms with van der Waals surface area (Å²) in [6.45, 7) is 8.11. The van der Waals surface area contributed by atoms with E-state index >= 15 is 0 Å². The fraction of sp³-hybridized carbons (Fsp3) is 0.692. The molecule has 1 N–H and O–H groups in total. The summed E-state index contributed by atoms with van der Waals surface area (Å²) in [5, 5.41) is 7.33. The number of rotatable bonds is 6. The number of ether oxygens (including phenoxy) is 1. The number of hydrogen-bond donors (Lipinski definition) is 1. The van der Waals surface area contributed by atoms with Gasteiger partial charge in [-0.05, 0) is 46.7 Å². The van der Waals surface area contributed by atoms with Crippen LogP contribution in [0, 0.1) is 6.92 Å². The Kier molecular flexibility index (Phi) is 4.90. The van der Waals surface area contributed by atoms with E-state index in [9.17, 15) is 4.79 Å². The van der Waals surface area contributed by atoms with Gasteiger partial charge in [-0.1, -0.05) is 0 Å². The van der Waals surface area contributed by atoms with Gasteiger partial charge in [0, 0.05) is 6.20 Å². The summed E-state index contributed by atoms with van der Waals surface area (Å²) < 4.78 is 6.99. The lowest BCUT2D eigenvalue weighted by molar-refractivity contribution is -0.151. The first kappa shape index (κ1) is 14.7.